The molecule has 0 unspecified atom stereocenters. The van der Waals surface area contributed by atoms with Crippen LogP contribution in [0.25, 0.3) is 0 Å². The summed E-state index contributed by atoms with van der Waals surface area (Å²) in [6.45, 7) is 1.99. The molecule has 1 aromatic carbocycles. The zero-order valence-corrected chi connectivity index (χ0v) is 14.1. The third kappa shape index (κ3) is 4.63. The SMILES string of the molecule is Cc1cccc(C(=O)Nc2nc(C(=O)N(C)CCC(=O)O)cs2)c1. The minimum atomic E-state index is -0.973. The summed E-state index contributed by atoms with van der Waals surface area (Å²) in [7, 11) is 1.51. The highest BCUT2D eigenvalue weighted by atomic mass is 32.1. The first kappa shape index (κ1) is 17.6. The summed E-state index contributed by atoms with van der Waals surface area (Å²) in [5.74, 6) is -1.66. The van der Waals surface area contributed by atoms with Gasteiger partial charge in [0.1, 0.15) is 5.69 Å². The van der Waals surface area contributed by atoms with E-state index in [4.69, 9.17) is 5.11 Å². The minimum absolute atomic E-state index is 0.0939. The molecule has 1 aromatic heterocycles. The number of thiazole rings is 1. The van der Waals surface area contributed by atoms with Crippen LogP contribution in [0.5, 0.6) is 0 Å². The maximum absolute atomic E-state index is 12.2. The lowest BCUT2D eigenvalue weighted by Crippen LogP contribution is -2.29. The van der Waals surface area contributed by atoms with E-state index in [0.29, 0.717) is 10.7 Å². The Morgan fingerprint density at radius 3 is 2.75 bits per heavy atom. The topological polar surface area (TPSA) is 99.6 Å². The zero-order valence-electron chi connectivity index (χ0n) is 13.3. The molecule has 0 fully saturated rings. The Hall–Kier alpha value is -2.74. The van der Waals surface area contributed by atoms with E-state index in [0.717, 1.165) is 16.9 Å². The van der Waals surface area contributed by atoms with Crippen LogP contribution in [0.1, 0.15) is 32.8 Å². The van der Waals surface area contributed by atoms with Crippen LogP contribution in [0.4, 0.5) is 5.13 Å². The van der Waals surface area contributed by atoms with Crippen molar-refractivity contribution in [3.8, 4) is 0 Å². The van der Waals surface area contributed by atoms with Crippen LogP contribution < -0.4 is 5.32 Å². The summed E-state index contributed by atoms with van der Waals surface area (Å²) < 4.78 is 0. The molecule has 2 aromatic rings. The van der Waals surface area contributed by atoms with Gasteiger partial charge < -0.3 is 10.0 Å². The fraction of sp³-hybridized carbons (Fsp3) is 0.250. The Morgan fingerprint density at radius 2 is 2.08 bits per heavy atom. The maximum atomic E-state index is 12.2. The van der Waals surface area contributed by atoms with Gasteiger partial charge in [-0.05, 0) is 19.1 Å². The number of benzene rings is 1. The molecule has 24 heavy (non-hydrogen) atoms. The number of rotatable bonds is 6. The van der Waals surface area contributed by atoms with Crippen LogP contribution in [0, 0.1) is 6.92 Å². The second-order valence-electron chi connectivity index (χ2n) is 5.23. The van der Waals surface area contributed by atoms with Gasteiger partial charge in [0.15, 0.2) is 5.13 Å². The van der Waals surface area contributed by atoms with Gasteiger partial charge in [-0.15, -0.1) is 11.3 Å². The van der Waals surface area contributed by atoms with Crippen molar-refractivity contribution in [2.45, 2.75) is 13.3 Å². The Labute approximate surface area is 142 Å². The van der Waals surface area contributed by atoms with Crippen molar-refractivity contribution in [3.63, 3.8) is 0 Å². The number of carbonyl (C=O) groups is 3. The van der Waals surface area contributed by atoms with Crippen LogP contribution in [0.2, 0.25) is 0 Å². The normalized spacial score (nSPS) is 10.2. The first-order chi connectivity index (χ1) is 11.4. The third-order valence-electron chi connectivity index (χ3n) is 3.23. The third-order valence-corrected chi connectivity index (χ3v) is 3.99. The fourth-order valence-corrected chi connectivity index (χ4v) is 2.62. The number of carboxylic acids is 1. The van der Waals surface area contributed by atoms with Crippen LogP contribution in [-0.4, -0.2) is 46.4 Å². The first-order valence-electron chi connectivity index (χ1n) is 7.17. The van der Waals surface area contributed by atoms with Crippen molar-refractivity contribution in [2.75, 3.05) is 18.9 Å². The van der Waals surface area contributed by atoms with Gasteiger partial charge in [-0.25, -0.2) is 4.98 Å². The summed E-state index contributed by atoms with van der Waals surface area (Å²) in [6, 6.07) is 7.14. The molecule has 0 aliphatic rings. The predicted molar refractivity (Wildman–Crippen MR) is 90.5 cm³/mol. The van der Waals surface area contributed by atoms with Gasteiger partial charge in [-0.3, -0.25) is 19.7 Å². The number of aliphatic carboxylic acids is 1. The molecule has 8 heteroatoms. The van der Waals surface area contributed by atoms with Gasteiger partial charge in [-0.1, -0.05) is 17.7 Å². The Bertz CT molecular complexity index is 772. The zero-order chi connectivity index (χ0) is 17.7. The smallest absolute Gasteiger partial charge is 0.305 e. The molecule has 0 spiro atoms. The van der Waals surface area contributed by atoms with E-state index in [1.54, 1.807) is 18.2 Å². The Morgan fingerprint density at radius 1 is 1.33 bits per heavy atom. The average molecular weight is 347 g/mol. The van der Waals surface area contributed by atoms with Crippen molar-refractivity contribution >= 4 is 34.3 Å². The minimum Gasteiger partial charge on any atom is -0.481 e. The number of nitrogens with zero attached hydrogens (tertiary/aromatic N) is 2. The number of carboxylic acid groups (broad SMARTS) is 1. The van der Waals surface area contributed by atoms with Crippen molar-refractivity contribution < 1.29 is 19.5 Å². The molecule has 0 aliphatic carbocycles. The fourth-order valence-electron chi connectivity index (χ4n) is 1.95. The van der Waals surface area contributed by atoms with Gasteiger partial charge in [0.25, 0.3) is 11.8 Å². The second kappa shape index (κ2) is 7.69. The molecule has 0 atom stereocenters. The lowest BCUT2D eigenvalue weighted by atomic mass is 10.1. The molecular weight excluding hydrogens is 330 g/mol. The van der Waals surface area contributed by atoms with Gasteiger partial charge in [0.05, 0.1) is 6.42 Å². The quantitative estimate of drug-likeness (QED) is 0.835. The molecule has 2 rings (SSSR count). The van der Waals surface area contributed by atoms with Crippen LogP contribution in [-0.2, 0) is 4.79 Å². The summed E-state index contributed by atoms with van der Waals surface area (Å²) in [4.78, 5) is 40.2. The van der Waals surface area contributed by atoms with Crippen LogP contribution in [0.15, 0.2) is 29.6 Å². The summed E-state index contributed by atoms with van der Waals surface area (Å²) in [5, 5.41) is 13.1. The van der Waals surface area contributed by atoms with E-state index in [2.05, 4.69) is 10.3 Å². The van der Waals surface area contributed by atoms with Gasteiger partial charge in [0.2, 0.25) is 0 Å². The number of aromatic nitrogens is 1. The van der Waals surface area contributed by atoms with E-state index in [1.807, 2.05) is 13.0 Å². The number of carbonyl (C=O) groups excluding carboxylic acids is 2. The standard InChI is InChI=1S/C16H17N3O4S/c1-10-4-3-5-11(8-10)14(22)18-16-17-12(9-24-16)15(23)19(2)7-6-13(20)21/h3-5,8-9H,6-7H2,1-2H3,(H,20,21)(H,17,18,22). The Kier molecular flexibility index (Phi) is 5.64. The molecule has 2 N–H and O–H groups in total. The van der Waals surface area contributed by atoms with Gasteiger partial charge in [0, 0.05) is 24.5 Å². The van der Waals surface area contributed by atoms with E-state index >= 15 is 0 Å². The lowest BCUT2D eigenvalue weighted by molar-refractivity contribution is -0.137. The average Bonchev–Trinajstić information content (AvgIpc) is 3.00. The molecule has 126 valence electrons. The number of anilines is 1. The molecule has 1 heterocycles. The van der Waals surface area contributed by atoms with Crippen molar-refractivity contribution in [1.29, 1.82) is 0 Å². The molecule has 0 saturated carbocycles. The first-order valence-corrected chi connectivity index (χ1v) is 8.05. The van der Waals surface area contributed by atoms with Gasteiger partial charge >= 0.3 is 5.97 Å². The number of hydrogen-bond donors (Lipinski definition) is 2. The Balaban J connectivity index is 2.01. The number of hydrogen-bond acceptors (Lipinski definition) is 5. The number of amides is 2. The largest absolute Gasteiger partial charge is 0.481 e. The van der Waals surface area contributed by atoms with Crippen molar-refractivity contribution in [3.05, 3.63) is 46.5 Å². The maximum Gasteiger partial charge on any atom is 0.305 e. The molecule has 2 amide bonds. The van der Waals surface area contributed by atoms with E-state index in [9.17, 15) is 14.4 Å². The van der Waals surface area contributed by atoms with Crippen molar-refractivity contribution in [2.24, 2.45) is 0 Å². The highest BCUT2D eigenvalue weighted by molar-refractivity contribution is 7.14. The lowest BCUT2D eigenvalue weighted by Gasteiger charge is -2.14. The molecule has 0 radical (unpaired) electrons. The summed E-state index contributed by atoms with van der Waals surface area (Å²) >= 11 is 1.14. The van der Waals surface area contributed by atoms with E-state index < -0.39 is 5.97 Å². The summed E-state index contributed by atoms with van der Waals surface area (Å²) in [6.07, 6.45) is -0.136. The molecule has 0 saturated heterocycles. The second-order valence-corrected chi connectivity index (χ2v) is 6.09. The van der Waals surface area contributed by atoms with Gasteiger partial charge in [-0.2, -0.15) is 0 Å². The number of nitrogens with one attached hydrogen (secondary N) is 1. The highest BCUT2D eigenvalue weighted by Gasteiger charge is 2.17. The summed E-state index contributed by atoms with van der Waals surface area (Å²) in [5.41, 5.74) is 1.65. The molecule has 7 nitrogen and oxygen atoms in total. The monoisotopic (exact) mass is 347 g/mol. The van der Waals surface area contributed by atoms with E-state index in [1.165, 1.54) is 17.3 Å². The molecular formula is C16H17N3O4S. The molecule has 0 bridgehead atoms. The van der Waals surface area contributed by atoms with E-state index in [-0.39, 0.29) is 30.5 Å². The van der Waals surface area contributed by atoms with Crippen molar-refractivity contribution in [1.82, 2.24) is 9.88 Å². The van der Waals surface area contributed by atoms with Crippen LogP contribution in [0.3, 0.4) is 0 Å². The molecule has 0 aliphatic heterocycles. The van der Waals surface area contributed by atoms with Crippen LogP contribution >= 0.6 is 11.3 Å². The predicted octanol–water partition coefficient (Wildman–Crippen LogP) is 2.25. The highest BCUT2D eigenvalue weighted by Crippen LogP contribution is 2.18. The number of aryl methyl sites for hydroxylation is 1.